The van der Waals surface area contributed by atoms with Crippen LogP contribution in [0.25, 0.3) is 0 Å². The average Bonchev–Trinajstić information content (AvgIpc) is 2.10. The Morgan fingerprint density at radius 3 is 2.13 bits per heavy atom. The molecule has 0 amide bonds. The van der Waals surface area contributed by atoms with Gasteiger partial charge >= 0.3 is 0 Å². The van der Waals surface area contributed by atoms with E-state index >= 15 is 0 Å². The Kier molecular flexibility index (Phi) is 5.71. The fraction of sp³-hybridized carbons (Fsp3) is 0.714. The summed E-state index contributed by atoms with van der Waals surface area (Å²) in [5, 5.41) is 3.46. The van der Waals surface area contributed by atoms with Crippen LogP contribution in [0, 0.1) is 5.92 Å². The summed E-state index contributed by atoms with van der Waals surface area (Å²) in [6.45, 7) is 19.0. The number of rotatable bonds is 7. The molecule has 0 saturated heterocycles. The van der Waals surface area contributed by atoms with Crippen LogP contribution in [-0.2, 0) is 0 Å². The summed E-state index contributed by atoms with van der Waals surface area (Å²) >= 11 is 0. The third-order valence-electron chi connectivity index (χ3n) is 2.93. The van der Waals surface area contributed by atoms with Gasteiger partial charge in [0.15, 0.2) is 0 Å². The van der Waals surface area contributed by atoms with Gasteiger partial charge in [0.1, 0.15) is 0 Å². The third kappa shape index (κ3) is 4.55. The zero-order chi connectivity index (χ0) is 12.1. The second-order valence-corrected chi connectivity index (χ2v) is 4.98. The Balaban J connectivity index is 4.71. The van der Waals surface area contributed by atoms with Crippen LogP contribution in [0.2, 0.25) is 0 Å². The predicted octanol–water partition coefficient (Wildman–Crippen LogP) is 4.27. The van der Waals surface area contributed by atoms with E-state index in [1.807, 2.05) is 6.92 Å². The first kappa shape index (κ1) is 14.3. The maximum atomic E-state index is 4.20. The van der Waals surface area contributed by atoms with Crippen molar-refractivity contribution < 1.29 is 0 Å². The minimum Gasteiger partial charge on any atom is -0.384 e. The number of nitrogens with one attached hydrogen (secondary N) is 1. The van der Waals surface area contributed by atoms with Crippen molar-refractivity contribution in [1.29, 1.82) is 0 Å². The summed E-state index contributed by atoms with van der Waals surface area (Å²) in [5.41, 5.74) is 2.44. The molecule has 0 aromatic heterocycles. The van der Waals surface area contributed by atoms with Crippen molar-refractivity contribution >= 4 is 0 Å². The van der Waals surface area contributed by atoms with Gasteiger partial charge in [0.05, 0.1) is 0 Å². The van der Waals surface area contributed by atoms with Gasteiger partial charge in [0.25, 0.3) is 0 Å². The molecule has 1 atom stereocenters. The molecule has 1 unspecified atom stereocenters. The topological polar surface area (TPSA) is 12.0 Å². The average molecular weight is 209 g/mol. The van der Waals surface area contributed by atoms with Crippen LogP contribution in [0.5, 0.6) is 0 Å². The van der Waals surface area contributed by atoms with Crippen LogP contribution in [-0.4, -0.2) is 5.54 Å². The normalized spacial score (nSPS) is 13.4. The molecule has 0 aromatic rings. The third-order valence-corrected chi connectivity index (χ3v) is 2.93. The van der Waals surface area contributed by atoms with Crippen molar-refractivity contribution in [3.8, 4) is 0 Å². The van der Waals surface area contributed by atoms with Crippen molar-refractivity contribution in [3.05, 3.63) is 24.4 Å². The van der Waals surface area contributed by atoms with Gasteiger partial charge in [-0.1, -0.05) is 39.0 Å². The molecule has 0 saturated carbocycles. The molecule has 0 heterocycles. The predicted molar refractivity (Wildman–Crippen MR) is 69.9 cm³/mol. The number of hydrogen-bond acceptors (Lipinski definition) is 1. The smallest absolute Gasteiger partial charge is 0.0379 e. The largest absolute Gasteiger partial charge is 0.384 e. The summed E-state index contributed by atoms with van der Waals surface area (Å²) < 4.78 is 0. The van der Waals surface area contributed by atoms with Gasteiger partial charge in [-0.3, -0.25) is 0 Å². The SMILES string of the molecule is C=C(C)NC(C)(C)C(CCC)C(=C)CC. The van der Waals surface area contributed by atoms with Crippen molar-refractivity contribution in [3.63, 3.8) is 0 Å². The molecule has 0 aliphatic rings. The minimum absolute atomic E-state index is 0.0644. The van der Waals surface area contributed by atoms with Gasteiger partial charge in [0.2, 0.25) is 0 Å². The highest BCUT2D eigenvalue weighted by Gasteiger charge is 2.29. The lowest BCUT2D eigenvalue weighted by Crippen LogP contribution is -2.45. The highest BCUT2D eigenvalue weighted by atomic mass is 15.0. The van der Waals surface area contributed by atoms with Crippen molar-refractivity contribution in [2.24, 2.45) is 5.92 Å². The van der Waals surface area contributed by atoms with Gasteiger partial charge in [-0.15, -0.1) is 0 Å². The molecule has 0 fully saturated rings. The molecule has 0 aromatic carbocycles. The van der Waals surface area contributed by atoms with Gasteiger partial charge < -0.3 is 5.32 Å². The van der Waals surface area contributed by atoms with Crippen LogP contribution in [0.15, 0.2) is 24.4 Å². The molecule has 0 bridgehead atoms. The Morgan fingerprint density at radius 2 is 1.80 bits per heavy atom. The molecule has 1 nitrogen and oxygen atoms in total. The van der Waals surface area contributed by atoms with E-state index in [1.54, 1.807) is 0 Å². The first-order valence-electron chi connectivity index (χ1n) is 5.96. The Bertz CT molecular complexity index is 225. The monoisotopic (exact) mass is 209 g/mol. The summed E-state index contributed by atoms with van der Waals surface area (Å²) in [4.78, 5) is 0. The molecule has 0 aliphatic heterocycles. The summed E-state index contributed by atoms with van der Waals surface area (Å²) in [6.07, 6.45) is 3.46. The second kappa shape index (κ2) is 5.99. The van der Waals surface area contributed by atoms with Crippen molar-refractivity contribution in [2.45, 2.75) is 59.4 Å². The van der Waals surface area contributed by atoms with Crippen LogP contribution >= 0.6 is 0 Å². The zero-order valence-electron chi connectivity index (χ0n) is 11.1. The van der Waals surface area contributed by atoms with E-state index in [0.717, 1.165) is 12.1 Å². The minimum atomic E-state index is 0.0644. The Morgan fingerprint density at radius 1 is 1.27 bits per heavy atom. The van der Waals surface area contributed by atoms with Gasteiger partial charge in [-0.05, 0) is 33.6 Å². The maximum absolute atomic E-state index is 4.20. The second-order valence-electron chi connectivity index (χ2n) is 4.98. The molecule has 88 valence electrons. The maximum Gasteiger partial charge on any atom is 0.0379 e. The van der Waals surface area contributed by atoms with E-state index in [9.17, 15) is 0 Å². The summed E-state index contributed by atoms with van der Waals surface area (Å²) in [5.74, 6) is 0.532. The quantitative estimate of drug-likeness (QED) is 0.617. The molecule has 0 aliphatic carbocycles. The molecule has 1 heteroatoms. The van der Waals surface area contributed by atoms with E-state index in [2.05, 4.69) is 46.2 Å². The Labute approximate surface area is 95.7 Å². The summed E-state index contributed by atoms with van der Waals surface area (Å²) in [7, 11) is 0. The highest BCUT2D eigenvalue weighted by Crippen LogP contribution is 2.30. The fourth-order valence-electron chi connectivity index (χ4n) is 2.25. The molecule has 15 heavy (non-hydrogen) atoms. The molecular weight excluding hydrogens is 182 g/mol. The Hall–Kier alpha value is -0.720. The van der Waals surface area contributed by atoms with E-state index < -0.39 is 0 Å². The zero-order valence-corrected chi connectivity index (χ0v) is 11.1. The lowest BCUT2D eigenvalue weighted by Gasteiger charge is -2.37. The highest BCUT2D eigenvalue weighted by molar-refractivity contribution is 5.10. The van der Waals surface area contributed by atoms with Gasteiger partial charge in [0, 0.05) is 17.2 Å². The van der Waals surface area contributed by atoms with Crippen LogP contribution in [0.4, 0.5) is 0 Å². The van der Waals surface area contributed by atoms with E-state index in [0.29, 0.717) is 5.92 Å². The molecule has 0 radical (unpaired) electrons. The van der Waals surface area contributed by atoms with Gasteiger partial charge in [-0.2, -0.15) is 0 Å². The lowest BCUT2D eigenvalue weighted by atomic mass is 9.78. The first-order chi connectivity index (χ1) is 6.85. The van der Waals surface area contributed by atoms with Crippen LogP contribution < -0.4 is 5.32 Å². The van der Waals surface area contributed by atoms with E-state index in [4.69, 9.17) is 0 Å². The van der Waals surface area contributed by atoms with Crippen LogP contribution in [0.3, 0.4) is 0 Å². The molecule has 0 spiro atoms. The van der Waals surface area contributed by atoms with E-state index in [-0.39, 0.29) is 5.54 Å². The van der Waals surface area contributed by atoms with Crippen molar-refractivity contribution in [1.82, 2.24) is 5.32 Å². The molecule has 1 N–H and O–H groups in total. The summed E-state index contributed by atoms with van der Waals surface area (Å²) in [6, 6.07) is 0. The first-order valence-corrected chi connectivity index (χ1v) is 5.96. The number of hydrogen-bond donors (Lipinski definition) is 1. The fourth-order valence-corrected chi connectivity index (χ4v) is 2.25. The standard InChI is InChI=1S/C14H27N/c1-8-10-13(12(5)9-2)14(6,7)15-11(3)4/h13,15H,3,5,8-10H2,1-2,4,6-7H3. The van der Waals surface area contributed by atoms with E-state index in [1.165, 1.54) is 18.4 Å². The van der Waals surface area contributed by atoms with Gasteiger partial charge in [-0.25, -0.2) is 0 Å². The lowest BCUT2D eigenvalue weighted by molar-refractivity contribution is 0.288. The molecular formula is C14H27N. The van der Waals surface area contributed by atoms with Crippen molar-refractivity contribution in [2.75, 3.05) is 0 Å². The van der Waals surface area contributed by atoms with Crippen LogP contribution in [0.1, 0.15) is 53.9 Å². The molecule has 0 rings (SSSR count). The number of allylic oxidation sites excluding steroid dienone is 1.